The van der Waals surface area contributed by atoms with Crippen LogP contribution < -0.4 is 10.9 Å². The number of pyridine rings is 1. The summed E-state index contributed by atoms with van der Waals surface area (Å²) in [6, 6.07) is 7.76. The number of H-pyrrole nitrogens is 1. The Labute approximate surface area is 235 Å². The van der Waals surface area contributed by atoms with Crippen LogP contribution in [-0.2, 0) is 19.8 Å². The number of nitrogens with one attached hydrogen (secondary N) is 2. The van der Waals surface area contributed by atoms with Crippen molar-refractivity contribution in [3.8, 4) is 6.07 Å². The van der Waals surface area contributed by atoms with Crippen LogP contribution in [0.3, 0.4) is 0 Å². The molecule has 0 saturated carbocycles. The fourth-order valence-electron chi connectivity index (χ4n) is 5.08. The van der Waals surface area contributed by atoms with Crippen molar-refractivity contribution in [2.45, 2.75) is 69.5 Å². The van der Waals surface area contributed by atoms with Crippen LogP contribution in [0.2, 0.25) is 0 Å². The zero-order chi connectivity index (χ0) is 30.2. The van der Waals surface area contributed by atoms with E-state index in [-0.39, 0.29) is 36.2 Å². The predicted octanol–water partition coefficient (Wildman–Crippen LogP) is 4.76. The van der Waals surface area contributed by atoms with Crippen LogP contribution >= 0.6 is 0 Å². The monoisotopic (exact) mass is 574 g/mol. The number of aromatic amines is 1. The molecule has 3 heterocycles. The Morgan fingerprint density at radius 1 is 1.29 bits per heavy atom. The number of hydrogen-bond acceptors (Lipinski definition) is 8. The third-order valence-corrected chi connectivity index (χ3v) is 6.87. The first-order chi connectivity index (χ1) is 19.1. The summed E-state index contributed by atoms with van der Waals surface area (Å²) >= 11 is 0. The molecule has 3 aromatic rings. The standard InChI is InChI=1S/C28H33F3N6O4/c1-26(2,3)41-25(39)20-10-12-27(13-14-32,16-40-20)37-19-11-15-33-24(38)21(19)23(35-37)34-18-8-6-17(7-9-18)22(36(4)5)28(29,30)31/h6-9,11,15,20,22H,10,12-13,16H2,1-5H3,(H,33,38)(H,34,35). The van der Waals surface area contributed by atoms with Gasteiger partial charge in [0.1, 0.15) is 17.0 Å². The number of rotatable bonds is 7. The lowest BCUT2D eigenvalue weighted by atomic mass is 9.87. The van der Waals surface area contributed by atoms with E-state index in [2.05, 4.69) is 21.5 Å². The van der Waals surface area contributed by atoms with E-state index in [1.807, 2.05) is 0 Å². The number of halogens is 3. The summed E-state index contributed by atoms with van der Waals surface area (Å²) in [5, 5.41) is 17.6. The number of carbonyl (C=O) groups is 1. The lowest BCUT2D eigenvalue weighted by Gasteiger charge is -2.39. The smallest absolute Gasteiger partial charge is 0.408 e. The highest BCUT2D eigenvalue weighted by Crippen LogP contribution is 2.39. The molecule has 1 saturated heterocycles. The predicted molar refractivity (Wildman–Crippen MR) is 146 cm³/mol. The summed E-state index contributed by atoms with van der Waals surface area (Å²) in [6.45, 7) is 5.27. The molecule has 0 amide bonds. The quantitative estimate of drug-likeness (QED) is 0.387. The number of nitrogens with zero attached hydrogens (tertiary/aromatic N) is 4. The van der Waals surface area contributed by atoms with Gasteiger partial charge in [-0.25, -0.2) is 4.79 Å². The number of anilines is 2. The van der Waals surface area contributed by atoms with Crippen molar-refractivity contribution in [3.63, 3.8) is 0 Å². The molecule has 0 aliphatic carbocycles. The summed E-state index contributed by atoms with van der Waals surface area (Å²) < 4.78 is 53.7. The number of esters is 1. The van der Waals surface area contributed by atoms with Crippen molar-refractivity contribution in [2.24, 2.45) is 0 Å². The van der Waals surface area contributed by atoms with Crippen molar-refractivity contribution >= 4 is 28.4 Å². The lowest BCUT2D eigenvalue weighted by molar-refractivity contribution is -0.179. The fraction of sp³-hybridized carbons (Fsp3) is 0.500. The molecule has 0 radical (unpaired) electrons. The molecule has 220 valence electrons. The SMILES string of the molecule is CN(C)C(c1ccc(Nc2nn(C3(CC#N)CCC(C(=O)OC(C)(C)C)OC3)c3cc[nH]c(=O)c23)cc1)C(F)(F)F. The van der Waals surface area contributed by atoms with Gasteiger partial charge in [0.15, 0.2) is 11.9 Å². The largest absolute Gasteiger partial charge is 0.458 e. The average molecular weight is 575 g/mol. The minimum absolute atomic E-state index is 0.00484. The Balaban J connectivity index is 1.67. The number of fused-ring (bicyclic) bond motifs is 1. The fourth-order valence-corrected chi connectivity index (χ4v) is 5.08. The van der Waals surface area contributed by atoms with E-state index >= 15 is 0 Å². The minimum atomic E-state index is -4.46. The molecule has 1 aliphatic rings. The summed E-state index contributed by atoms with van der Waals surface area (Å²) in [5.41, 5.74) is -1.18. The summed E-state index contributed by atoms with van der Waals surface area (Å²) in [6.07, 6.45) is -3.17. The van der Waals surface area contributed by atoms with Gasteiger partial charge in [-0.15, -0.1) is 0 Å². The van der Waals surface area contributed by atoms with Gasteiger partial charge >= 0.3 is 12.1 Å². The molecule has 0 spiro atoms. The van der Waals surface area contributed by atoms with Crippen LogP contribution in [0.1, 0.15) is 51.6 Å². The second kappa shape index (κ2) is 11.2. The molecule has 4 rings (SSSR count). The molecule has 0 bridgehead atoms. The molecular weight excluding hydrogens is 541 g/mol. The van der Waals surface area contributed by atoms with E-state index in [0.29, 0.717) is 17.6 Å². The molecule has 13 heteroatoms. The molecule has 3 atom stereocenters. The van der Waals surface area contributed by atoms with E-state index in [0.717, 1.165) is 4.90 Å². The van der Waals surface area contributed by atoms with Crippen molar-refractivity contribution in [1.82, 2.24) is 19.7 Å². The maximum atomic E-state index is 13.6. The second-order valence-electron chi connectivity index (χ2n) is 11.4. The first kappa shape index (κ1) is 30.1. The number of benzene rings is 1. The van der Waals surface area contributed by atoms with E-state index in [1.54, 1.807) is 31.5 Å². The number of hydrogen-bond donors (Lipinski definition) is 2. The highest BCUT2D eigenvalue weighted by Gasteiger charge is 2.44. The minimum Gasteiger partial charge on any atom is -0.458 e. The number of carbonyl (C=O) groups excluding carboxylic acids is 1. The molecule has 3 unspecified atom stereocenters. The molecule has 1 aliphatic heterocycles. The van der Waals surface area contributed by atoms with Crippen molar-refractivity contribution in [1.29, 1.82) is 5.26 Å². The third kappa shape index (κ3) is 6.39. The van der Waals surface area contributed by atoms with Gasteiger partial charge in [0.2, 0.25) is 0 Å². The second-order valence-corrected chi connectivity index (χ2v) is 11.4. The maximum absolute atomic E-state index is 13.6. The number of alkyl halides is 3. The number of nitriles is 1. The third-order valence-electron chi connectivity index (χ3n) is 6.87. The van der Waals surface area contributed by atoms with Gasteiger partial charge in [-0.3, -0.25) is 14.4 Å². The van der Waals surface area contributed by atoms with Crippen LogP contribution in [0.25, 0.3) is 10.9 Å². The molecule has 41 heavy (non-hydrogen) atoms. The first-order valence-electron chi connectivity index (χ1n) is 13.1. The summed E-state index contributed by atoms with van der Waals surface area (Å²) in [4.78, 5) is 29.2. The van der Waals surface area contributed by atoms with Gasteiger partial charge in [0, 0.05) is 11.9 Å². The van der Waals surface area contributed by atoms with Crippen molar-refractivity contribution < 1.29 is 27.4 Å². The molecule has 1 fully saturated rings. The molecular formula is C28H33F3N6O4. The lowest BCUT2D eigenvalue weighted by Crippen LogP contribution is -2.47. The van der Waals surface area contributed by atoms with Crippen LogP contribution in [0.5, 0.6) is 0 Å². The molecule has 2 aromatic heterocycles. The molecule has 1 aromatic carbocycles. The Morgan fingerprint density at radius 3 is 2.51 bits per heavy atom. The number of ether oxygens (including phenoxy) is 2. The van der Waals surface area contributed by atoms with Crippen LogP contribution in [0.4, 0.5) is 24.7 Å². The Bertz CT molecular complexity index is 1490. The van der Waals surface area contributed by atoms with E-state index in [4.69, 9.17) is 9.47 Å². The van der Waals surface area contributed by atoms with Crippen LogP contribution in [0, 0.1) is 11.3 Å². The first-order valence-corrected chi connectivity index (χ1v) is 13.1. The highest BCUT2D eigenvalue weighted by atomic mass is 19.4. The van der Waals surface area contributed by atoms with E-state index < -0.39 is 41.0 Å². The Morgan fingerprint density at radius 2 is 1.98 bits per heavy atom. The molecule has 10 nitrogen and oxygen atoms in total. The summed E-state index contributed by atoms with van der Waals surface area (Å²) in [7, 11) is 2.72. The van der Waals surface area contributed by atoms with Crippen LogP contribution in [-0.4, -0.2) is 64.2 Å². The summed E-state index contributed by atoms with van der Waals surface area (Å²) in [5.74, 6) is -0.321. The normalized spacial score (nSPS) is 20.5. The maximum Gasteiger partial charge on any atom is 0.408 e. The Kier molecular flexibility index (Phi) is 8.20. The van der Waals surface area contributed by atoms with Crippen molar-refractivity contribution in [2.75, 3.05) is 26.0 Å². The van der Waals surface area contributed by atoms with Gasteiger partial charge in [-0.2, -0.15) is 23.5 Å². The molecule has 2 N–H and O–H groups in total. The topological polar surface area (TPSA) is 125 Å². The van der Waals surface area contributed by atoms with Gasteiger partial charge in [0.05, 0.1) is 30.2 Å². The van der Waals surface area contributed by atoms with Gasteiger partial charge in [-0.05, 0) is 71.5 Å². The highest BCUT2D eigenvalue weighted by molar-refractivity contribution is 5.91. The zero-order valence-corrected chi connectivity index (χ0v) is 23.5. The van der Waals surface area contributed by atoms with E-state index in [9.17, 15) is 28.0 Å². The van der Waals surface area contributed by atoms with E-state index in [1.165, 1.54) is 44.6 Å². The number of aromatic nitrogens is 3. The van der Waals surface area contributed by atoms with Gasteiger partial charge in [-0.1, -0.05) is 12.1 Å². The zero-order valence-electron chi connectivity index (χ0n) is 23.5. The average Bonchev–Trinajstić information content (AvgIpc) is 3.24. The van der Waals surface area contributed by atoms with Crippen molar-refractivity contribution in [3.05, 3.63) is 52.4 Å². The van der Waals surface area contributed by atoms with Crippen LogP contribution in [0.15, 0.2) is 41.3 Å². The van der Waals surface area contributed by atoms with Gasteiger partial charge < -0.3 is 19.8 Å². The van der Waals surface area contributed by atoms with Gasteiger partial charge in [0.25, 0.3) is 5.56 Å². The Hall–Kier alpha value is -3.89.